The van der Waals surface area contributed by atoms with E-state index in [0.29, 0.717) is 12.8 Å². The second kappa shape index (κ2) is 42.3. The molecule has 0 aromatic rings. The van der Waals surface area contributed by atoms with E-state index in [1.54, 1.807) is 0 Å². The Morgan fingerprint density at radius 3 is 1.49 bits per heavy atom. The number of hydrogen-bond acceptors (Lipinski definition) is 8. The molecule has 2 atom stereocenters. The number of unbranched alkanes of at least 4 members (excludes halogenated alkanes) is 7. The molecule has 0 rings (SSSR count). The molecule has 10 heteroatoms. The molecule has 0 heterocycles. The van der Waals surface area contributed by atoms with Gasteiger partial charge in [0.05, 0.1) is 13.2 Å². The molecule has 0 aliphatic carbocycles. The fraction of sp³-hybridized carbons (Fsp3) is 0.574. The third kappa shape index (κ3) is 42.1. The summed E-state index contributed by atoms with van der Waals surface area (Å²) in [5.74, 6) is -0.965. The lowest BCUT2D eigenvalue weighted by molar-refractivity contribution is -0.161. The van der Waals surface area contributed by atoms with E-state index in [0.717, 1.165) is 77.0 Å². The van der Waals surface area contributed by atoms with Crippen molar-refractivity contribution in [2.45, 2.75) is 148 Å². The first-order chi connectivity index (χ1) is 27.8. The largest absolute Gasteiger partial charge is 0.472 e. The SMILES string of the molecule is CCC=CCC=CCC=CCC=CCCCCCCC(=O)OCC(COP(=O)(O)OCCN)OC(=O)CCC=CCC=CCC=CCC=CCC=CCCCCC. The van der Waals surface area contributed by atoms with E-state index in [-0.39, 0.29) is 32.6 Å². The zero-order valence-corrected chi connectivity index (χ0v) is 36.2. The van der Waals surface area contributed by atoms with Crippen LogP contribution in [0.2, 0.25) is 0 Å². The minimum Gasteiger partial charge on any atom is -0.462 e. The molecule has 0 fully saturated rings. The highest BCUT2D eigenvalue weighted by Gasteiger charge is 2.25. The Hall–Kier alpha value is -3.33. The van der Waals surface area contributed by atoms with Crippen LogP contribution in [0.25, 0.3) is 0 Å². The number of ether oxygens (including phenoxy) is 2. The normalized spacial score (nSPS) is 14.4. The van der Waals surface area contributed by atoms with Crippen LogP contribution in [-0.2, 0) is 32.7 Å². The maximum atomic E-state index is 12.5. The number of esters is 2. The summed E-state index contributed by atoms with van der Waals surface area (Å²) in [4.78, 5) is 34.8. The first kappa shape index (κ1) is 53.7. The summed E-state index contributed by atoms with van der Waals surface area (Å²) in [6.45, 7) is 3.44. The highest BCUT2D eigenvalue weighted by atomic mass is 31.2. The molecule has 0 radical (unpaired) electrons. The summed E-state index contributed by atoms with van der Waals surface area (Å²) in [6, 6.07) is 0. The van der Waals surface area contributed by atoms with Crippen molar-refractivity contribution >= 4 is 19.8 Å². The Kier molecular flexibility index (Phi) is 39.8. The number of hydrogen-bond donors (Lipinski definition) is 2. The van der Waals surface area contributed by atoms with Crippen molar-refractivity contribution < 1.29 is 37.6 Å². The molecule has 322 valence electrons. The van der Waals surface area contributed by atoms with E-state index in [1.807, 2.05) is 12.2 Å². The van der Waals surface area contributed by atoms with Gasteiger partial charge >= 0.3 is 19.8 Å². The number of nitrogens with two attached hydrogens (primary N) is 1. The minimum atomic E-state index is -4.41. The van der Waals surface area contributed by atoms with Crippen LogP contribution in [0, 0.1) is 0 Å². The van der Waals surface area contributed by atoms with Crippen LogP contribution in [0.3, 0.4) is 0 Å². The average molecular weight is 814 g/mol. The summed E-state index contributed by atoms with van der Waals surface area (Å²) in [6.07, 6.45) is 55.6. The predicted molar refractivity (Wildman–Crippen MR) is 238 cm³/mol. The first-order valence-electron chi connectivity index (χ1n) is 21.4. The minimum absolute atomic E-state index is 0.0320. The number of rotatable bonds is 38. The van der Waals surface area contributed by atoms with Crippen LogP contribution in [0.1, 0.15) is 142 Å². The molecular weight excluding hydrogens is 737 g/mol. The molecule has 9 nitrogen and oxygen atoms in total. The highest BCUT2D eigenvalue weighted by molar-refractivity contribution is 7.47. The van der Waals surface area contributed by atoms with Crippen LogP contribution in [-0.4, -0.2) is 49.3 Å². The van der Waals surface area contributed by atoms with Gasteiger partial charge < -0.3 is 20.1 Å². The van der Waals surface area contributed by atoms with Crippen molar-refractivity contribution in [2.75, 3.05) is 26.4 Å². The van der Waals surface area contributed by atoms with Crippen molar-refractivity contribution in [3.63, 3.8) is 0 Å². The predicted octanol–water partition coefficient (Wildman–Crippen LogP) is 12.4. The zero-order chi connectivity index (χ0) is 41.8. The number of phosphoric acid groups is 1. The van der Waals surface area contributed by atoms with Crippen LogP contribution in [0.5, 0.6) is 0 Å². The quantitative estimate of drug-likeness (QED) is 0.0270. The van der Waals surface area contributed by atoms with Crippen molar-refractivity contribution in [3.05, 3.63) is 109 Å². The summed E-state index contributed by atoms with van der Waals surface area (Å²) in [5.41, 5.74) is 5.34. The number of allylic oxidation sites excluding steroid dienone is 18. The summed E-state index contributed by atoms with van der Waals surface area (Å²) in [7, 11) is -4.41. The van der Waals surface area contributed by atoms with Crippen molar-refractivity contribution in [1.29, 1.82) is 0 Å². The lowest BCUT2D eigenvalue weighted by Crippen LogP contribution is -2.29. The summed E-state index contributed by atoms with van der Waals surface area (Å²) >= 11 is 0. The van der Waals surface area contributed by atoms with Crippen LogP contribution in [0.15, 0.2) is 109 Å². The van der Waals surface area contributed by atoms with Gasteiger partial charge in [-0.1, -0.05) is 149 Å². The average Bonchev–Trinajstić information content (AvgIpc) is 3.20. The van der Waals surface area contributed by atoms with Crippen molar-refractivity contribution in [1.82, 2.24) is 0 Å². The number of carbonyl (C=O) groups excluding carboxylic acids is 2. The molecule has 0 aliphatic rings. The topological polar surface area (TPSA) is 134 Å². The molecule has 0 aromatic heterocycles. The Morgan fingerprint density at radius 2 is 1.00 bits per heavy atom. The Bertz CT molecular complexity index is 1290. The van der Waals surface area contributed by atoms with Gasteiger partial charge in [-0.25, -0.2) is 4.57 Å². The maximum absolute atomic E-state index is 12.5. The summed E-state index contributed by atoms with van der Waals surface area (Å²) in [5, 5.41) is 0. The number of carbonyl (C=O) groups is 2. The molecule has 0 saturated carbocycles. The molecule has 0 aromatic carbocycles. The van der Waals surface area contributed by atoms with Crippen LogP contribution < -0.4 is 5.73 Å². The van der Waals surface area contributed by atoms with Crippen LogP contribution in [0.4, 0.5) is 0 Å². The standard InChI is InChI=1S/C47H76NO8P/c1-3-5-7-9-11-13-15-17-19-21-22-24-26-28-30-32-34-36-38-40-47(50)56-45(44-55-57(51,52)54-42-41-48)43-53-46(49)39-37-35-33-31-29-27-25-23-20-18-16-14-12-10-8-6-4-2/h6,8,11-14,17-20,22,24-25,27-28,30,34,36,45H,3-5,7,9-10,15-16,21,23,26,29,31-33,35,37-44,48H2,1-2H3,(H,51,52). The zero-order valence-electron chi connectivity index (χ0n) is 35.3. The molecule has 0 aliphatic heterocycles. The third-order valence-electron chi connectivity index (χ3n) is 8.16. The fourth-order valence-corrected chi connectivity index (χ4v) is 5.78. The molecule has 0 spiro atoms. The van der Waals surface area contributed by atoms with Gasteiger partial charge in [0, 0.05) is 19.4 Å². The monoisotopic (exact) mass is 814 g/mol. The van der Waals surface area contributed by atoms with Crippen molar-refractivity contribution in [3.8, 4) is 0 Å². The molecule has 57 heavy (non-hydrogen) atoms. The van der Waals surface area contributed by atoms with Crippen LogP contribution >= 0.6 is 7.82 Å². The second-order valence-electron chi connectivity index (χ2n) is 13.5. The fourth-order valence-electron chi connectivity index (χ4n) is 5.02. The molecular formula is C47H76NO8P. The third-order valence-corrected chi connectivity index (χ3v) is 9.14. The van der Waals surface area contributed by atoms with E-state index in [4.69, 9.17) is 24.3 Å². The molecule has 2 unspecified atom stereocenters. The lowest BCUT2D eigenvalue weighted by atomic mass is 10.1. The van der Waals surface area contributed by atoms with E-state index in [2.05, 4.69) is 111 Å². The van der Waals surface area contributed by atoms with Crippen molar-refractivity contribution in [2.24, 2.45) is 5.73 Å². The molecule has 0 amide bonds. The second-order valence-corrected chi connectivity index (χ2v) is 14.9. The van der Waals surface area contributed by atoms with E-state index < -0.39 is 32.5 Å². The smallest absolute Gasteiger partial charge is 0.462 e. The lowest BCUT2D eigenvalue weighted by Gasteiger charge is -2.19. The molecule has 0 saturated heterocycles. The van der Waals surface area contributed by atoms with E-state index in [1.165, 1.54) is 25.7 Å². The van der Waals surface area contributed by atoms with Gasteiger partial charge in [0.2, 0.25) is 0 Å². The van der Waals surface area contributed by atoms with Gasteiger partial charge in [-0.15, -0.1) is 0 Å². The van der Waals surface area contributed by atoms with Gasteiger partial charge in [0.15, 0.2) is 6.10 Å². The van der Waals surface area contributed by atoms with E-state index in [9.17, 15) is 19.0 Å². The Balaban J connectivity index is 4.37. The van der Waals surface area contributed by atoms with Gasteiger partial charge in [0.1, 0.15) is 6.61 Å². The molecule has 3 N–H and O–H groups in total. The van der Waals surface area contributed by atoms with E-state index >= 15 is 0 Å². The Morgan fingerprint density at radius 1 is 0.544 bits per heavy atom. The van der Waals surface area contributed by atoms with Gasteiger partial charge in [-0.3, -0.25) is 18.6 Å². The Labute approximate surface area is 346 Å². The highest BCUT2D eigenvalue weighted by Crippen LogP contribution is 2.43. The molecule has 0 bridgehead atoms. The maximum Gasteiger partial charge on any atom is 0.472 e. The number of phosphoric ester groups is 1. The van der Waals surface area contributed by atoms with Gasteiger partial charge in [-0.2, -0.15) is 0 Å². The van der Waals surface area contributed by atoms with Gasteiger partial charge in [-0.05, 0) is 89.9 Å². The first-order valence-corrected chi connectivity index (χ1v) is 22.9. The summed E-state index contributed by atoms with van der Waals surface area (Å²) < 4.78 is 32.6. The van der Waals surface area contributed by atoms with Gasteiger partial charge in [0.25, 0.3) is 0 Å².